The van der Waals surface area contributed by atoms with Crippen LogP contribution in [-0.4, -0.2) is 63.1 Å². The molecular weight excluding hydrogens is 680 g/mol. The first-order valence-corrected chi connectivity index (χ1v) is 19.0. The maximum absolute atomic E-state index is 13.3. The van der Waals surface area contributed by atoms with Crippen molar-refractivity contribution in [3.8, 4) is 5.75 Å². The number of methoxy groups -OCH3 is 2. The molecule has 0 unspecified atom stereocenters. The van der Waals surface area contributed by atoms with E-state index in [0.29, 0.717) is 19.6 Å². The first kappa shape index (κ1) is 39.6. The molecule has 7 atom stereocenters. The Kier molecular flexibility index (Phi) is 12.3. The molecule has 0 spiro atoms. The number of esters is 1. The van der Waals surface area contributed by atoms with Crippen LogP contribution in [0, 0.1) is 17.3 Å². The second kappa shape index (κ2) is 16.8. The van der Waals surface area contributed by atoms with Crippen LogP contribution < -0.4 is 4.74 Å². The Balaban J connectivity index is 1.22. The maximum Gasteiger partial charge on any atom is 0.314 e. The van der Waals surface area contributed by atoms with Crippen LogP contribution in [0.4, 0.5) is 0 Å². The lowest BCUT2D eigenvalue weighted by molar-refractivity contribution is -0.333. The Hall–Kier alpha value is -4.05. The van der Waals surface area contributed by atoms with E-state index >= 15 is 0 Å². The van der Waals surface area contributed by atoms with Gasteiger partial charge in [-0.3, -0.25) is 4.79 Å². The van der Waals surface area contributed by atoms with E-state index in [2.05, 4.69) is 86.6 Å². The highest BCUT2D eigenvalue weighted by atomic mass is 16.7. The van der Waals surface area contributed by atoms with Crippen molar-refractivity contribution in [2.24, 2.45) is 17.3 Å². The van der Waals surface area contributed by atoms with E-state index in [1.54, 1.807) is 14.2 Å². The average molecular weight is 737 g/mol. The smallest absolute Gasteiger partial charge is 0.314 e. The summed E-state index contributed by atoms with van der Waals surface area (Å²) in [6.07, 6.45) is -1.64. The maximum atomic E-state index is 13.3. The van der Waals surface area contributed by atoms with Crippen LogP contribution in [0.25, 0.3) is 0 Å². The molecule has 4 aromatic carbocycles. The highest BCUT2D eigenvalue weighted by molar-refractivity contribution is 5.79. The predicted octanol–water partition coefficient (Wildman–Crippen LogP) is 8.74. The molecule has 0 saturated carbocycles. The number of hydrogen-bond donors (Lipinski definition) is 0. The summed E-state index contributed by atoms with van der Waals surface area (Å²) in [5.74, 6) is -0.479. The van der Waals surface area contributed by atoms with Crippen molar-refractivity contribution in [2.45, 2.75) is 96.5 Å². The summed E-state index contributed by atoms with van der Waals surface area (Å²) >= 11 is 0. The van der Waals surface area contributed by atoms with Crippen molar-refractivity contribution >= 4 is 5.97 Å². The van der Waals surface area contributed by atoms with E-state index < -0.39 is 35.1 Å². The van der Waals surface area contributed by atoms with Crippen LogP contribution in [0.5, 0.6) is 5.75 Å². The molecule has 2 aliphatic rings. The van der Waals surface area contributed by atoms with Gasteiger partial charge >= 0.3 is 5.97 Å². The van der Waals surface area contributed by atoms with Crippen LogP contribution in [0.3, 0.4) is 0 Å². The molecule has 54 heavy (non-hydrogen) atoms. The SMILES string of the molecule is COc1ccc(CO[C@H]2[C@@H]([C@H](C[C@@H]3OC(C)(C)O[C@H]([C@H](C)COC(c4ccccc4)(c4ccccc4)c4ccccc4)[C@H]3C)OC)OC(=O)C2(C)C)cc1. The van der Waals surface area contributed by atoms with Crippen LogP contribution >= 0.6 is 0 Å². The van der Waals surface area contributed by atoms with Gasteiger partial charge in [0.05, 0.1) is 44.1 Å². The first-order chi connectivity index (χ1) is 25.9. The van der Waals surface area contributed by atoms with E-state index in [1.807, 2.05) is 70.2 Å². The topological polar surface area (TPSA) is 81.7 Å². The van der Waals surface area contributed by atoms with E-state index in [0.717, 1.165) is 28.0 Å². The Labute approximate surface area is 321 Å². The standard InChI is InChI=1S/C46H56O8/c1-31(29-51-46(34-18-12-9-13-19-34,35-20-14-10-15-21-35)36-22-16-11-17-23-36)40-32(2)38(53-45(5,6)54-40)28-39(49-8)41-42(44(3,4)43(47)52-41)50-30-33-24-26-37(48-7)27-25-33/h9-27,31-32,38-42H,28-30H2,1-8H3/t31-,32+,38+,39+,40-,41-,42+/m1/s1. The van der Waals surface area contributed by atoms with Crippen LogP contribution in [0.2, 0.25) is 0 Å². The first-order valence-electron chi connectivity index (χ1n) is 19.0. The minimum atomic E-state index is -0.875. The number of ether oxygens (including phenoxy) is 7. The van der Waals surface area contributed by atoms with Crippen molar-refractivity contribution < 1.29 is 38.0 Å². The Morgan fingerprint density at radius 2 is 1.28 bits per heavy atom. The molecule has 0 N–H and O–H groups in total. The molecule has 2 aliphatic heterocycles. The summed E-state index contributed by atoms with van der Waals surface area (Å²) in [5, 5.41) is 0. The molecule has 2 heterocycles. The molecule has 0 bridgehead atoms. The van der Waals surface area contributed by atoms with Gasteiger partial charge < -0.3 is 33.2 Å². The molecule has 0 radical (unpaired) electrons. The molecule has 4 aromatic rings. The number of hydrogen-bond acceptors (Lipinski definition) is 8. The zero-order valence-corrected chi connectivity index (χ0v) is 32.9. The minimum Gasteiger partial charge on any atom is -0.497 e. The van der Waals surface area contributed by atoms with E-state index in [4.69, 9.17) is 33.2 Å². The highest BCUT2D eigenvalue weighted by Crippen LogP contribution is 2.44. The molecule has 0 aliphatic carbocycles. The van der Waals surface area contributed by atoms with Gasteiger partial charge in [0.2, 0.25) is 0 Å². The molecule has 288 valence electrons. The van der Waals surface area contributed by atoms with Gasteiger partial charge in [-0.15, -0.1) is 0 Å². The number of carbonyl (C=O) groups is 1. The zero-order valence-electron chi connectivity index (χ0n) is 32.9. The third kappa shape index (κ3) is 8.28. The van der Waals surface area contributed by atoms with Gasteiger partial charge in [-0.05, 0) is 62.1 Å². The zero-order chi connectivity index (χ0) is 38.5. The average Bonchev–Trinajstić information content (AvgIpc) is 3.41. The summed E-state index contributed by atoms with van der Waals surface area (Å²) in [6, 6.07) is 39.0. The molecular formula is C46H56O8. The minimum absolute atomic E-state index is 0.0222. The van der Waals surface area contributed by atoms with Crippen molar-refractivity contribution in [1.29, 1.82) is 0 Å². The Morgan fingerprint density at radius 3 is 1.78 bits per heavy atom. The van der Waals surface area contributed by atoms with Gasteiger partial charge in [-0.1, -0.05) is 117 Å². The predicted molar refractivity (Wildman–Crippen MR) is 208 cm³/mol. The van der Waals surface area contributed by atoms with E-state index in [-0.39, 0.29) is 30.0 Å². The van der Waals surface area contributed by atoms with Gasteiger partial charge in [0, 0.05) is 25.4 Å². The molecule has 2 saturated heterocycles. The number of carbonyl (C=O) groups excluding carboxylic acids is 1. The number of cyclic esters (lactones) is 1. The third-order valence-electron chi connectivity index (χ3n) is 11.1. The fourth-order valence-electron chi connectivity index (χ4n) is 8.10. The fraction of sp³-hybridized carbons (Fsp3) is 0.457. The Morgan fingerprint density at radius 1 is 0.741 bits per heavy atom. The summed E-state index contributed by atoms with van der Waals surface area (Å²) < 4.78 is 44.6. The molecule has 0 amide bonds. The summed E-state index contributed by atoms with van der Waals surface area (Å²) in [7, 11) is 3.30. The van der Waals surface area contributed by atoms with Gasteiger partial charge in [0.1, 0.15) is 17.5 Å². The van der Waals surface area contributed by atoms with E-state index in [9.17, 15) is 4.79 Å². The van der Waals surface area contributed by atoms with Crippen LogP contribution in [0.15, 0.2) is 115 Å². The molecule has 8 nitrogen and oxygen atoms in total. The van der Waals surface area contributed by atoms with Gasteiger partial charge in [0.15, 0.2) is 11.9 Å². The quantitative estimate of drug-likeness (QED) is 0.0886. The van der Waals surface area contributed by atoms with Crippen LogP contribution in [-0.2, 0) is 45.4 Å². The summed E-state index contributed by atoms with van der Waals surface area (Å²) in [4.78, 5) is 13.3. The summed E-state index contributed by atoms with van der Waals surface area (Å²) in [5.41, 5.74) is 2.41. The molecule has 0 aromatic heterocycles. The Bertz CT molecular complexity index is 1680. The van der Waals surface area contributed by atoms with E-state index in [1.165, 1.54) is 0 Å². The second-order valence-corrected chi connectivity index (χ2v) is 15.7. The molecule has 6 rings (SSSR count). The molecule has 2 fully saturated rings. The van der Waals surface area contributed by atoms with Gasteiger partial charge in [-0.2, -0.15) is 0 Å². The number of rotatable bonds is 15. The largest absolute Gasteiger partial charge is 0.497 e. The monoisotopic (exact) mass is 736 g/mol. The number of benzene rings is 4. The van der Waals surface area contributed by atoms with Gasteiger partial charge in [0.25, 0.3) is 0 Å². The van der Waals surface area contributed by atoms with Crippen molar-refractivity contribution in [3.05, 3.63) is 138 Å². The highest BCUT2D eigenvalue weighted by Gasteiger charge is 2.56. The van der Waals surface area contributed by atoms with Crippen LogP contribution in [0.1, 0.15) is 70.2 Å². The lowest BCUT2D eigenvalue weighted by Crippen LogP contribution is -2.55. The normalized spacial score (nSPS) is 24.7. The molecule has 8 heteroatoms. The van der Waals surface area contributed by atoms with Gasteiger partial charge in [-0.25, -0.2) is 0 Å². The lowest BCUT2D eigenvalue weighted by Gasteiger charge is -2.48. The van der Waals surface area contributed by atoms with Crippen molar-refractivity contribution in [2.75, 3.05) is 20.8 Å². The summed E-state index contributed by atoms with van der Waals surface area (Å²) in [6.45, 7) is 12.7. The second-order valence-electron chi connectivity index (χ2n) is 15.7. The van der Waals surface area contributed by atoms with Crippen molar-refractivity contribution in [3.63, 3.8) is 0 Å². The third-order valence-corrected chi connectivity index (χ3v) is 11.1. The lowest BCUT2D eigenvalue weighted by atomic mass is 9.79. The fourth-order valence-corrected chi connectivity index (χ4v) is 8.10. The van der Waals surface area contributed by atoms with Crippen molar-refractivity contribution in [1.82, 2.24) is 0 Å².